The van der Waals surface area contributed by atoms with Crippen LogP contribution in [0.2, 0.25) is 0 Å². The van der Waals surface area contributed by atoms with Crippen LogP contribution >= 0.6 is 0 Å². The molecule has 3 aliphatic rings. The molecule has 3 aromatic carbocycles. The SMILES string of the molecule is COc1ccc([C@@]2(O)C[C@@H]3C[C@@H](CN(C)Cc4ccccc4)[C@@H]2c2ccccc23)cc1. The van der Waals surface area contributed by atoms with Crippen LogP contribution in [-0.4, -0.2) is 30.7 Å². The smallest absolute Gasteiger partial charge is 0.118 e. The predicted octanol–water partition coefficient (Wildman–Crippen LogP) is 5.31. The van der Waals surface area contributed by atoms with Crippen molar-refractivity contribution in [3.8, 4) is 5.75 Å². The molecule has 1 saturated carbocycles. The maximum Gasteiger partial charge on any atom is 0.118 e. The van der Waals surface area contributed by atoms with E-state index in [1.807, 2.05) is 24.3 Å². The first kappa shape index (κ1) is 20.3. The fourth-order valence-electron chi connectivity index (χ4n) is 6.11. The van der Waals surface area contributed by atoms with E-state index in [1.54, 1.807) is 7.11 Å². The lowest BCUT2D eigenvalue weighted by molar-refractivity contribution is -0.0683. The molecule has 3 aliphatic carbocycles. The second kappa shape index (κ2) is 8.14. The molecule has 0 amide bonds. The van der Waals surface area contributed by atoms with Gasteiger partial charge in [0.25, 0.3) is 0 Å². The highest BCUT2D eigenvalue weighted by Gasteiger charge is 2.54. The summed E-state index contributed by atoms with van der Waals surface area (Å²) in [5.41, 5.74) is 4.26. The highest BCUT2D eigenvalue weighted by molar-refractivity contribution is 5.46. The van der Waals surface area contributed by atoms with Gasteiger partial charge in [0.2, 0.25) is 0 Å². The fraction of sp³-hybridized carbons (Fsp3) is 0.357. The number of ether oxygens (including phenoxy) is 1. The topological polar surface area (TPSA) is 32.7 Å². The van der Waals surface area contributed by atoms with Gasteiger partial charge in [0.05, 0.1) is 12.7 Å². The second-order valence-electron chi connectivity index (χ2n) is 9.34. The molecule has 6 rings (SSSR count). The van der Waals surface area contributed by atoms with E-state index in [9.17, 15) is 5.11 Å². The summed E-state index contributed by atoms with van der Waals surface area (Å²) in [5.74, 6) is 1.73. The van der Waals surface area contributed by atoms with Crippen LogP contribution in [0.3, 0.4) is 0 Å². The number of methoxy groups -OCH3 is 1. The van der Waals surface area contributed by atoms with Crippen molar-refractivity contribution in [1.29, 1.82) is 0 Å². The van der Waals surface area contributed by atoms with Crippen molar-refractivity contribution in [1.82, 2.24) is 4.90 Å². The molecule has 4 atom stereocenters. The average molecular weight is 414 g/mol. The summed E-state index contributed by atoms with van der Waals surface area (Å²) in [6.45, 7) is 1.90. The molecule has 0 radical (unpaired) electrons. The molecule has 160 valence electrons. The average Bonchev–Trinajstić information content (AvgIpc) is 2.80. The quantitative estimate of drug-likeness (QED) is 0.595. The molecule has 0 aliphatic heterocycles. The van der Waals surface area contributed by atoms with Gasteiger partial charge in [0.1, 0.15) is 5.75 Å². The minimum Gasteiger partial charge on any atom is -0.497 e. The number of benzene rings is 3. The third kappa shape index (κ3) is 3.66. The molecule has 0 spiro atoms. The number of hydrogen-bond acceptors (Lipinski definition) is 3. The van der Waals surface area contributed by atoms with Crippen LogP contribution in [0.5, 0.6) is 5.75 Å². The van der Waals surface area contributed by atoms with Gasteiger partial charge in [-0.15, -0.1) is 0 Å². The van der Waals surface area contributed by atoms with Crippen LogP contribution in [0, 0.1) is 5.92 Å². The van der Waals surface area contributed by atoms with Crippen molar-refractivity contribution in [2.24, 2.45) is 5.92 Å². The lowest BCUT2D eigenvalue weighted by Crippen LogP contribution is -2.50. The third-order valence-electron chi connectivity index (χ3n) is 7.33. The van der Waals surface area contributed by atoms with Crippen molar-refractivity contribution < 1.29 is 9.84 Å². The highest BCUT2D eigenvalue weighted by atomic mass is 16.5. The maximum absolute atomic E-state index is 12.2. The van der Waals surface area contributed by atoms with Crippen LogP contribution in [-0.2, 0) is 12.1 Å². The lowest BCUT2D eigenvalue weighted by Gasteiger charge is -2.54. The summed E-state index contributed by atoms with van der Waals surface area (Å²) in [4.78, 5) is 2.41. The maximum atomic E-state index is 12.2. The molecule has 2 bridgehead atoms. The second-order valence-corrected chi connectivity index (χ2v) is 9.34. The van der Waals surface area contributed by atoms with Gasteiger partial charge in [-0.1, -0.05) is 66.7 Å². The largest absolute Gasteiger partial charge is 0.497 e. The molecule has 3 nitrogen and oxygen atoms in total. The highest BCUT2D eigenvalue weighted by Crippen LogP contribution is 2.60. The van der Waals surface area contributed by atoms with E-state index in [2.05, 4.69) is 66.5 Å². The summed E-state index contributed by atoms with van der Waals surface area (Å²) in [7, 11) is 3.88. The fourth-order valence-corrected chi connectivity index (χ4v) is 6.11. The molecule has 0 saturated heterocycles. The lowest BCUT2D eigenvalue weighted by atomic mass is 9.53. The zero-order valence-corrected chi connectivity index (χ0v) is 18.4. The Kier molecular flexibility index (Phi) is 5.33. The summed E-state index contributed by atoms with van der Waals surface area (Å²) in [6.07, 6.45) is 1.93. The van der Waals surface area contributed by atoms with Gasteiger partial charge in [-0.2, -0.15) is 0 Å². The standard InChI is InChI=1S/C28H31NO2/c1-29(18-20-8-4-3-5-9-20)19-22-16-21-17-28(30,23-12-14-24(31-2)15-13-23)27(22)26-11-7-6-10-25(21)26/h3-15,21-22,27,30H,16-19H2,1-2H3/t21-,22-,27+,28-/m0/s1. The molecular formula is C28H31NO2. The van der Waals surface area contributed by atoms with Gasteiger partial charge in [0, 0.05) is 19.0 Å². The molecule has 1 fully saturated rings. The van der Waals surface area contributed by atoms with Gasteiger partial charge in [0.15, 0.2) is 0 Å². The Morgan fingerprint density at radius 3 is 2.32 bits per heavy atom. The summed E-state index contributed by atoms with van der Waals surface area (Å²) in [6, 6.07) is 27.5. The number of fused-ring (bicyclic) bond motifs is 2. The Bertz CT molecular complexity index is 1030. The van der Waals surface area contributed by atoms with Crippen LogP contribution in [0.4, 0.5) is 0 Å². The summed E-state index contributed by atoms with van der Waals surface area (Å²) < 4.78 is 5.35. The van der Waals surface area contributed by atoms with Gasteiger partial charge < -0.3 is 14.7 Å². The van der Waals surface area contributed by atoms with Crippen LogP contribution < -0.4 is 4.74 Å². The van der Waals surface area contributed by atoms with E-state index in [0.29, 0.717) is 11.8 Å². The number of rotatable bonds is 6. The van der Waals surface area contributed by atoms with E-state index in [1.165, 1.54) is 16.7 Å². The number of nitrogens with zero attached hydrogens (tertiary/aromatic N) is 1. The predicted molar refractivity (Wildman–Crippen MR) is 124 cm³/mol. The van der Waals surface area contributed by atoms with Gasteiger partial charge in [-0.05, 0) is 66.1 Å². The Morgan fingerprint density at radius 1 is 0.935 bits per heavy atom. The molecule has 0 heterocycles. The van der Waals surface area contributed by atoms with E-state index >= 15 is 0 Å². The Morgan fingerprint density at radius 2 is 1.61 bits per heavy atom. The number of hydrogen-bond donors (Lipinski definition) is 1. The zero-order valence-electron chi connectivity index (χ0n) is 18.4. The molecule has 3 aromatic rings. The van der Waals surface area contributed by atoms with Crippen LogP contribution in [0.25, 0.3) is 0 Å². The molecule has 0 aromatic heterocycles. The number of aliphatic hydroxyl groups is 1. The van der Waals surface area contributed by atoms with Gasteiger partial charge in [-0.25, -0.2) is 0 Å². The van der Waals surface area contributed by atoms with Gasteiger partial charge >= 0.3 is 0 Å². The van der Waals surface area contributed by atoms with Crippen LogP contribution in [0.1, 0.15) is 46.9 Å². The van der Waals surface area contributed by atoms with Crippen molar-refractivity contribution in [2.75, 3.05) is 20.7 Å². The molecule has 0 unspecified atom stereocenters. The zero-order chi connectivity index (χ0) is 21.4. The minimum absolute atomic E-state index is 0.0975. The molecule has 1 N–H and O–H groups in total. The van der Waals surface area contributed by atoms with E-state index in [-0.39, 0.29) is 5.92 Å². The monoisotopic (exact) mass is 413 g/mol. The summed E-state index contributed by atoms with van der Waals surface area (Å²) >= 11 is 0. The minimum atomic E-state index is -0.845. The summed E-state index contributed by atoms with van der Waals surface area (Å²) in [5, 5.41) is 12.2. The Hall–Kier alpha value is -2.62. The first-order valence-electron chi connectivity index (χ1n) is 11.3. The molecule has 3 heteroatoms. The molecule has 31 heavy (non-hydrogen) atoms. The van der Waals surface area contributed by atoms with Crippen molar-refractivity contribution in [3.63, 3.8) is 0 Å². The van der Waals surface area contributed by atoms with Crippen molar-refractivity contribution in [2.45, 2.75) is 36.8 Å². The van der Waals surface area contributed by atoms with Gasteiger partial charge in [-0.3, -0.25) is 0 Å². The van der Waals surface area contributed by atoms with Crippen molar-refractivity contribution in [3.05, 3.63) is 101 Å². The molecular weight excluding hydrogens is 382 g/mol. The normalized spacial score (nSPS) is 26.6. The van der Waals surface area contributed by atoms with E-state index in [4.69, 9.17) is 4.74 Å². The Labute approximate surface area is 185 Å². The Balaban J connectivity index is 1.47. The van der Waals surface area contributed by atoms with Crippen molar-refractivity contribution >= 4 is 0 Å². The first-order chi connectivity index (χ1) is 15.1. The third-order valence-corrected chi connectivity index (χ3v) is 7.33. The van der Waals surface area contributed by atoms with E-state index in [0.717, 1.165) is 37.2 Å². The van der Waals surface area contributed by atoms with E-state index < -0.39 is 5.60 Å². The first-order valence-corrected chi connectivity index (χ1v) is 11.3. The van der Waals surface area contributed by atoms with Crippen LogP contribution in [0.15, 0.2) is 78.9 Å².